The summed E-state index contributed by atoms with van der Waals surface area (Å²) in [5, 5.41) is 3.65. The molecule has 24 heavy (non-hydrogen) atoms. The van der Waals surface area contributed by atoms with E-state index in [1.54, 1.807) is 7.11 Å². The van der Waals surface area contributed by atoms with Gasteiger partial charge in [0.1, 0.15) is 0 Å². The van der Waals surface area contributed by atoms with Crippen LogP contribution in [0, 0.1) is 0 Å². The number of nitrogens with one attached hydrogen (secondary N) is 1. The molecule has 0 spiro atoms. The first kappa shape index (κ1) is 18.6. The Kier molecular flexibility index (Phi) is 6.54. The number of ether oxygens (including phenoxy) is 1. The van der Waals surface area contributed by atoms with Gasteiger partial charge in [0.15, 0.2) is 8.32 Å². The van der Waals surface area contributed by atoms with E-state index in [9.17, 15) is 0 Å². The van der Waals surface area contributed by atoms with E-state index in [2.05, 4.69) is 61.1 Å². The number of benzene rings is 1. The highest BCUT2D eigenvalue weighted by atomic mass is 28.4. The third-order valence-corrected chi connectivity index (χ3v) is 4.77. The molecule has 1 aromatic heterocycles. The van der Waals surface area contributed by atoms with E-state index in [4.69, 9.17) is 9.16 Å². The zero-order valence-electron chi connectivity index (χ0n) is 15.2. The van der Waals surface area contributed by atoms with E-state index in [0.29, 0.717) is 12.5 Å². The maximum absolute atomic E-state index is 6.16. The van der Waals surface area contributed by atoms with E-state index < -0.39 is 8.32 Å². The fraction of sp³-hybridized carbons (Fsp3) is 0.421. The monoisotopic (exact) mass is 344 g/mol. The van der Waals surface area contributed by atoms with E-state index in [-0.39, 0.29) is 12.1 Å². The Labute approximate surface area is 146 Å². The minimum absolute atomic E-state index is 0.0931. The molecule has 2 aromatic rings. The molecular weight excluding hydrogens is 316 g/mol. The van der Waals surface area contributed by atoms with Gasteiger partial charge in [-0.25, -0.2) is 4.98 Å². The Morgan fingerprint density at radius 1 is 1.04 bits per heavy atom. The van der Waals surface area contributed by atoms with Gasteiger partial charge in [-0.05, 0) is 38.2 Å². The first-order valence-corrected chi connectivity index (χ1v) is 11.8. The molecule has 1 heterocycles. The standard InChI is InChI=1S/C19H28N2O2Si/c1-15(17-12-9-13-19(21-17)22-2)20-18(14-23-24(3,4)5)16-10-7-6-8-11-16/h6-13,15,18,20H,14H2,1-5H3/t15-,18+/m0/s1. The average molecular weight is 345 g/mol. The molecule has 1 aromatic carbocycles. The summed E-state index contributed by atoms with van der Waals surface area (Å²) in [6, 6.07) is 16.5. The van der Waals surface area contributed by atoms with E-state index in [0.717, 1.165) is 5.69 Å². The zero-order valence-corrected chi connectivity index (χ0v) is 16.2. The number of methoxy groups -OCH3 is 1. The maximum atomic E-state index is 6.16. The van der Waals surface area contributed by atoms with Crippen molar-refractivity contribution in [3.05, 3.63) is 59.8 Å². The smallest absolute Gasteiger partial charge is 0.213 e. The lowest BCUT2D eigenvalue weighted by molar-refractivity contribution is 0.249. The molecule has 4 nitrogen and oxygen atoms in total. The fourth-order valence-corrected chi connectivity index (χ4v) is 3.10. The van der Waals surface area contributed by atoms with Crippen molar-refractivity contribution in [2.24, 2.45) is 0 Å². The van der Waals surface area contributed by atoms with Gasteiger partial charge < -0.3 is 9.16 Å². The topological polar surface area (TPSA) is 43.4 Å². The number of hydrogen-bond acceptors (Lipinski definition) is 4. The van der Waals surface area contributed by atoms with Crippen LogP contribution in [-0.2, 0) is 4.43 Å². The van der Waals surface area contributed by atoms with Crippen molar-refractivity contribution in [3.63, 3.8) is 0 Å². The number of pyridine rings is 1. The van der Waals surface area contributed by atoms with Crippen molar-refractivity contribution in [2.75, 3.05) is 13.7 Å². The maximum Gasteiger partial charge on any atom is 0.213 e. The lowest BCUT2D eigenvalue weighted by atomic mass is 10.1. The number of aromatic nitrogens is 1. The summed E-state index contributed by atoms with van der Waals surface area (Å²) < 4.78 is 11.4. The fourth-order valence-electron chi connectivity index (χ4n) is 2.43. The highest BCUT2D eigenvalue weighted by Crippen LogP contribution is 2.21. The van der Waals surface area contributed by atoms with Gasteiger partial charge in [0.2, 0.25) is 5.88 Å². The van der Waals surface area contributed by atoms with Crippen LogP contribution in [-0.4, -0.2) is 27.0 Å². The van der Waals surface area contributed by atoms with E-state index >= 15 is 0 Å². The van der Waals surface area contributed by atoms with E-state index in [1.807, 2.05) is 24.3 Å². The summed E-state index contributed by atoms with van der Waals surface area (Å²) in [5.74, 6) is 0.635. The summed E-state index contributed by atoms with van der Waals surface area (Å²) in [6.07, 6.45) is 0. The van der Waals surface area contributed by atoms with Gasteiger partial charge in [0.25, 0.3) is 0 Å². The van der Waals surface area contributed by atoms with Crippen LogP contribution < -0.4 is 10.1 Å². The van der Waals surface area contributed by atoms with Gasteiger partial charge in [0, 0.05) is 12.1 Å². The zero-order chi connectivity index (χ0) is 17.6. The quantitative estimate of drug-likeness (QED) is 0.724. The predicted octanol–water partition coefficient (Wildman–Crippen LogP) is 4.33. The van der Waals surface area contributed by atoms with Crippen molar-refractivity contribution >= 4 is 8.32 Å². The van der Waals surface area contributed by atoms with Crippen LogP contribution in [0.5, 0.6) is 5.88 Å². The van der Waals surface area contributed by atoms with Crippen LogP contribution in [0.1, 0.15) is 30.3 Å². The first-order valence-electron chi connectivity index (χ1n) is 8.35. The van der Waals surface area contributed by atoms with Gasteiger partial charge >= 0.3 is 0 Å². The Balaban J connectivity index is 2.14. The van der Waals surface area contributed by atoms with Gasteiger partial charge in [-0.2, -0.15) is 0 Å². The summed E-state index contributed by atoms with van der Waals surface area (Å²) >= 11 is 0. The van der Waals surface area contributed by atoms with Crippen molar-refractivity contribution in [1.29, 1.82) is 0 Å². The first-order chi connectivity index (χ1) is 11.4. The summed E-state index contributed by atoms with van der Waals surface area (Å²) in [7, 11) is 0.0641. The van der Waals surface area contributed by atoms with E-state index in [1.165, 1.54) is 5.56 Å². The molecular formula is C19H28N2O2Si. The Hall–Kier alpha value is -1.69. The van der Waals surface area contributed by atoms with Crippen LogP contribution in [0.2, 0.25) is 19.6 Å². The molecule has 0 fully saturated rings. The lowest BCUT2D eigenvalue weighted by Gasteiger charge is -2.27. The molecule has 0 unspecified atom stereocenters. The third kappa shape index (κ3) is 5.74. The van der Waals surface area contributed by atoms with Crippen molar-refractivity contribution < 1.29 is 9.16 Å². The van der Waals surface area contributed by atoms with Crippen molar-refractivity contribution in [3.8, 4) is 5.88 Å². The third-order valence-electron chi connectivity index (χ3n) is 3.73. The molecule has 0 amide bonds. The number of nitrogens with zero attached hydrogens (tertiary/aromatic N) is 1. The minimum atomic E-state index is -1.57. The molecule has 130 valence electrons. The highest BCUT2D eigenvalue weighted by Gasteiger charge is 2.21. The van der Waals surface area contributed by atoms with Crippen LogP contribution in [0.4, 0.5) is 0 Å². The molecule has 0 aliphatic rings. The minimum Gasteiger partial charge on any atom is -0.481 e. The Morgan fingerprint density at radius 3 is 2.38 bits per heavy atom. The van der Waals surface area contributed by atoms with Gasteiger partial charge in [-0.3, -0.25) is 5.32 Å². The number of hydrogen-bond donors (Lipinski definition) is 1. The summed E-state index contributed by atoms with van der Waals surface area (Å²) in [4.78, 5) is 4.53. The lowest BCUT2D eigenvalue weighted by Crippen LogP contribution is -2.34. The second-order valence-corrected chi connectivity index (χ2v) is 11.4. The van der Waals surface area contributed by atoms with Gasteiger partial charge in [-0.15, -0.1) is 0 Å². The molecule has 1 N–H and O–H groups in total. The SMILES string of the molecule is COc1cccc([C@H](C)N[C@H](CO[Si](C)(C)C)c2ccccc2)n1. The number of rotatable bonds is 8. The molecule has 0 aliphatic carbocycles. The largest absolute Gasteiger partial charge is 0.481 e. The van der Waals surface area contributed by atoms with Crippen LogP contribution in [0.15, 0.2) is 48.5 Å². The highest BCUT2D eigenvalue weighted by molar-refractivity contribution is 6.69. The van der Waals surface area contributed by atoms with Gasteiger partial charge in [0.05, 0.1) is 25.5 Å². The van der Waals surface area contributed by atoms with Gasteiger partial charge in [-0.1, -0.05) is 36.4 Å². The second-order valence-electron chi connectivity index (χ2n) is 6.88. The second kappa shape index (κ2) is 8.42. The molecule has 0 aliphatic heterocycles. The average Bonchev–Trinajstić information content (AvgIpc) is 2.58. The van der Waals surface area contributed by atoms with Crippen LogP contribution in [0.3, 0.4) is 0 Å². The summed E-state index contributed by atoms with van der Waals surface area (Å²) in [6.45, 7) is 9.41. The molecule has 0 saturated heterocycles. The summed E-state index contributed by atoms with van der Waals surface area (Å²) in [5.41, 5.74) is 2.19. The predicted molar refractivity (Wildman–Crippen MR) is 101 cm³/mol. The van der Waals surface area contributed by atoms with Crippen LogP contribution in [0.25, 0.3) is 0 Å². The molecule has 2 rings (SSSR count). The Morgan fingerprint density at radius 2 is 1.75 bits per heavy atom. The van der Waals surface area contributed by atoms with Crippen molar-refractivity contribution in [1.82, 2.24) is 10.3 Å². The molecule has 5 heteroatoms. The molecule has 2 atom stereocenters. The molecule has 0 bridgehead atoms. The van der Waals surface area contributed by atoms with Crippen LogP contribution >= 0.6 is 0 Å². The Bertz CT molecular complexity index is 629. The van der Waals surface area contributed by atoms with Crippen molar-refractivity contribution in [2.45, 2.75) is 38.6 Å². The normalized spacial score (nSPS) is 14.2. The molecule has 0 saturated carbocycles. The molecule has 0 radical (unpaired) electrons.